The largest absolute Gasteiger partial charge is 0.456 e. The molecule has 0 spiro atoms. The fraction of sp³-hybridized carbons (Fsp3) is 0.217. The smallest absolute Gasteiger partial charge is 0.269 e. The van der Waals surface area contributed by atoms with Gasteiger partial charge in [0.25, 0.3) is 6.33 Å². The van der Waals surface area contributed by atoms with Crippen molar-refractivity contribution in [1.82, 2.24) is 18.5 Å². The summed E-state index contributed by atoms with van der Waals surface area (Å²) in [4.78, 5) is 5.24. The minimum atomic E-state index is -0.121. The zero-order valence-corrected chi connectivity index (χ0v) is 58.1. The second-order valence-corrected chi connectivity index (χ2v) is 31.8. The van der Waals surface area contributed by atoms with Crippen LogP contribution in [0.25, 0.3) is 132 Å². The van der Waals surface area contributed by atoms with E-state index in [4.69, 9.17) is 9.72 Å². The molecule has 0 radical (unpaired) electrons. The Balaban J connectivity index is 0.915. The van der Waals surface area contributed by atoms with Gasteiger partial charge in [-0.2, -0.15) is 0 Å². The fourth-order valence-electron chi connectivity index (χ4n) is 17.3. The number of fused-ring (bicyclic) bond motifs is 17. The normalized spacial score (nSPS) is 15.7. The van der Waals surface area contributed by atoms with Gasteiger partial charge in [0.15, 0.2) is 5.75 Å². The summed E-state index contributed by atoms with van der Waals surface area (Å²) in [7, 11) is 0. The fourth-order valence-corrected chi connectivity index (χ4v) is 17.3. The molecule has 480 valence electrons. The molecule has 0 unspecified atom stereocenters. The molecular weight excluding hydrogens is 1190 g/mol. The highest BCUT2D eigenvalue weighted by molar-refractivity contribution is 6.33. The van der Waals surface area contributed by atoms with Crippen molar-refractivity contribution in [3.8, 4) is 50.9 Å². The molecule has 16 aromatic rings. The molecule has 11 aromatic carbocycles. The lowest BCUT2D eigenvalue weighted by molar-refractivity contribution is -0.571. The molecular formula is C92H81N5O. The van der Waals surface area contributed by atoms with Gasteiger partial charge in [-0.3, -0.25) is 13.7 Å². The number of aromatic nitrogens is 5. The van der Waals surface area contributed by atoms with Crippen LogP contribution < -0.4 is 9.30 Å². The Morgan fingerprint density at radius 2 is 0.929 bits per heavy atom. The van der Waals surface area contributed by atoms with Crippen LogP contribution in [0.1, 0.15) is 130 Å². The Hall–Kier alpha value is -10.6. The Kier molecular flexibility index (Phi) is 13.1. The van der Waals surface area contributed by atoms with Crippen LogP contribution in [0.2, 0.25) is 0 Å². The van der Waals surface area contributed by atoms with Crippen molar-refractivity contribution in [2.75, 3.05) is 0 Å². The van der Waals surface area contributed by atoms with Gasteiger partial charge in [0, 0.05) is 44.6 Å². The van der Waals surface area contributed by atoms with Crippen LogP contribution in [0.5, 0.6) is 11.5 Å². The summed E-state index contributed by atoms with van der Waals surface area (Å²) in [5, 5.41) is 11.4. The van der Waals surface area contributed by atoms with Crippen LogP contribution in [-0.4, -0.2) is 18.5 Å². The van der Waals surface area contributed by atoms with Gasteiger partial charge >= 0.3 is 0 Å². The van der Waals surface area contributed by atoms with E-state index in [1.54, 1.807) is 0 Å². The van der Waals surface area contributed by atoms with Gasteiger partial charge < -0.3 is 9.14 Å². The first kappa shape index (κ1) is 59.9. The summed E-state index contributed by atoms with van der Waals surface area (Å²) in [5.41, 5.74) is 21.2. The van der Waals surface area contributed by atoms with Crippen LogP contribution in [0, 0.1) is 6.33 Å². The number of hydrogen-bond donors (Lipinski definition) is 0. The highest BCUT2D eigenvalue weighted by Crippen LogP contribution is 2.52. The highest BCUT2D eigenvalue weighted by Gasteiger charge is 2.39. The molecule has 0 saturated carbocycles. The second kappa shape index (κ2) is 21.5. The number of ether oxygens (including phenoxy) is 1. The zero-order valence-electron chi connectivity index (χ0n) is 58.1. The van der Waals surface area contributed by atoms with E-state index in [0.717, 1.165) is 114 Å². The van der Waals surface area contributed by atoms with E-state index in [9.17, 15) is 0 Å². The van der Waals surface area contributed by atoms with Gasteiger partial charge in [0.2, 0.25) is 0 Å². The van der Waals surface area contributed by atoms with E-state index in [0.29, 0.717) is 11.5 Å². The van der Waals surface area contributed by atoms with E-state index in [2.05, 4.69) is 337 Å². The van der Waals surface area contributed by atoms with Crippen molar-refractivity contribution in [2.45, 2.75) is 129 Å². The van der Waals surface area contributed by atoms with Crippen molar-refractivity contribution in [3.63, 3.8) is 0 Å². The molecule has 0 aliphatic heterocycles. The third kappa shape index (κ3) is 9.12. The monoisotopic (exact) mass is 1270 g/mol. The summed E-state index contributed by atoms with van der Waals surface area (Å²) >= 11 is 0. The Morgan fingerprint density at radius 3 is 1.57 bits per heavy atom. The molecule has 0 fully saturated rings. The van der Waals surface area contributed by atoms with E-state index >= 15 is 0 Å². The number of para-hydroxylation sites is 6. The first-order valence-electron chi connectivity index (χ1n) is 35.2. The van der Waals surface area contributed by atoms with Crippen LogP contribution >= 0.6 is 0 Å². The average Bonchev–Trinajstić information content (AvgIpc) is 1.53. The van der Waals surface area contributed by atoms with E-state index in [1.165, 1.54) is 71.6 Å². The Morgan fingerprint density at radius 1 is 0.418 bits per heavy atom. The lowest BCUT2D eigenvalue weighted by Crippen LogP contribution is -2.34. The van der Waals surface area contributed by atoms with Gasteiger partial charge in [0.05, 0.1) is 50.0 Å². The molecule has 2 aliphatic carbocycles. The van der Waals surface area contributed by atoms with E-state index < -0.39 is 0 Å². The molecule has 0 amide bonds. The van der Waals surface area contributed by atoms with Crippen LogP contribution in [0.4, 0.5) is 0 Å². The molecule has 98 heavy (non-hydrogen) atoms. The van der Waals surface area contributed by atoms with Crippen LogP contribution in [0.15, 0.2) is 243 Å². The summed E-state index contributed by atoms with van der Waals surface area (Å²) < 4.78 is 17.4. The number of rotatable bonds is 7. The van der Waals surface area contributed by atoms with E-state index in [-0.39, 0.29) is 27.1 Å². The zero-order chi connectivity index (χ0) is 66.9. The van der Waals surface area contributed by atoms with Gasteiger partial charge in [-0.25, -0.2) is 4.98 Å². The third-order valence-electron chi connectivity index (χ3n) is 22.8. The van der Waals surface area contributed by atoms with Gasteiger partial charge in [-0.1, -0.05) is 264 Å². The standard InChI is InChI=1S/C92H81N5O/c1-88(2,3)59-45-50-93-82(53-59)96-77-38-19-17-32-71(77)83-80(96)55-81(87-84(83)68-31-15-14-28-65(68)64-27-12-13-29-66(64)69-35-24-36-70-67-30-16-18-37-76(67)97(87)86(69)70)98-61-26-22-25-60(54-61)94-56-95(79-40-21-20-39-78(79)94)85-62(57-41-43-72-74(51-57)91(8,9)48-46-89(72,4)5)33-23-34-63(85)58-42-44-73-75(52-58)92(10,11)49-47-90(73,6)7/h12-45,50-55H,46-49H2,1-11H3. The van der Waals surface area contributed by atoms with Crippen LogP contribution in [0.3, 0.4) is 0 Å². The maximum atomic E-state index is 7.93. The number of pyridine rings is 1. The second-order valence-electron chi connectivity index (χ2n) is 31.8. The molecule has 6 nitrogen and oxygen atoms in total. The predicted octanol–water partition coefficient (Wildman–Crippen LogP) is 23.9. The summed E-state index contributed by atoms with van der Waals surface area (Å²) in [5.74, 6) is 2.25. The van der Waals surface area contributed by atoms with Crippen LogP contribution in [-0.2, 0) is 27.1 Å². The predicted molar refractivity (Wildman–Crippen MR) is 410 cm³/mol. The minimum absolute atomic E-state index is 0.0250. The number of hydrogen-bond acceptors (Lipinski definition) is 2. The number of imidazole rings is 1. The molecule has 6 heteroatoms. The first-order chi connectivity index (χ1) is 47.2. The Bertz CT molecular complexity index is 5990. The molecule has 0 saturated heterocycles. The molecule has 18 rings (SSSR count). The van der Waals surface area contributed by atoms with Gasteiger partial charge in [-0.15, -0.1) is 0 Å². The SMILES string of the molecule is CC(C)(C)c1ccnc(-n2c3ccccc3c3c4c5ccccc5c5ccccc5c5cccc6c7ccccc7n(c4c(Oc4cccc(-n7[c-][n+](-c8c(-c9ccc%10c(c9)C(C)(C)CCC%10(C)C)cccc8-c8ccc9c(c8)C(C)(C)CCC9(C)C)c8ccccc87)c4)cc32)c56)c1. The third-order valence-corrected chi connectivity index (χ3v) is 22.8. The Labute approximate surface area is 573 Å². The van der Waals surface area contributed by atoms with E-state index in [1.807, 2.05) is 6.20 Å². The lowest BCUT2D eigenvalue weighted by Gasteiger charge is -2.42. The molecule has 0 atom stereocenters. The lowest BCUT2D eigenvalue weighted by atomic mass is 9.62. The van der Waals surface area contributed by atoms with Crippen molar-refractivity contribution in [3.05, 3.63) is 277 Å². The van der Waals surface area contributed by atoms with Crippen molar-refractivity contribution in [2.24, 2.45) is 0 Å². The molecule has 2 aliphatic rings. The molecule has 5 heterocycles. The maximum Gasteiger partial charge on any atom is 0.269 e. The minimum Gasteiger partial charge on any atom is -0.456 e. The van der Waals surface area contributed by atoms with Crippen molar-refractivity contribution >= 4 is 92.5 Å². The topological polar surface area (TPSA) is 40.3 Å². The first-order valence-corrected chi connectivity index (χ1v) is 35.2. The summed E-state index contributed by atoms with van der Waals surface area (Å²) in [6.45, 7) is 26.3. The molecule has 5 aromatic heterocycles. The maximum absolute atomic E-state index is 7.93. The highest BCUT2D eigenvalue weighted by atomic mass is 16.5. The number of nitrogens with zero attached hydrogens (tertiary/aromatic N) is 5. The summed E-state index contributed by atoms with van der Waals surface area (Å²) in [6.07, 6.45) is 10.7. The quantitative estimate of drug-likeness (QED) is 0.118. The van der Waals surface area contributed by atoms with Crippen molar-refractivity contribution in [1.29, 1.82) is 0 Å². The number of benzene rings is 11. The summed E-state index contributed by atoms with van der Waals surface area (Å²) in [6, 6.07) is 88.5. The average molecular weight is 1270 g/mol. The van der Waals surface area contributed by atoms with Crippen molar-refractivity contribution < 1.29 is 9.30 Å². The molecule has 0 bridgehead atoms. The van der Waals surface area contributed by atoms with Gasteiger partial charge in [0.1, 0.15) is 11.6 Å². The molecule has 0 N–H and O–H groups in total. The van der Waals surface area contributed by atoms with Gasteiger partial charge in [-0.05, 0) is 167 Å².